The molecule has 176 valence electrons. The summed E-state index contributed by atoms with van der Waals surface area (Å²) in [5.41, 5.74) is 2.91. The number of hydrogen-bond acceptors (Lipinski definition) is 5. The first kappa shape index (κ1) is 23.5. The number of esters is 1. The Morgan fingerprint density at radius 1 is 0.941 bits per heavy atom. The second kappa shape index (κ2) is 10.1. The number of fused-ring (bicyclic) bond motifs is 1. The molecule has 7 nitrogen and oxygen atoms in total. The molecule has 3 aromatic rings. The van der Waals surface area contributed by atoms with Gasteiger partial charge >= 0.3 is 5.97 Å². The van der Waals surface area contributed by atoms with E-state index in [1.807, 2.05) is 24.3 Å². The smallest absolute Gasteiger partial charge is 0.338 e. The number of para-hydroxylation sites is 1. The van der Waals surface area contributed by atoms with Crippen LogP contribution in [0.3, 0.4) is 0 Å². The van der Waals surface area contributed by atoms with E-state index in [1.165, 1.54) is 34.1 Å². The van der Waals surface area contributed by atoms with Gasteiger partial charge in [-0.25, -0.2) is 13.2 Å². The van der Waals surface area contributed by atoms with Gasteiger partial charge in [0.25, 0.3) is 15.9 Å². The van der Waals surface area contributed by atoms with Crippen LogP contribution in [-0.2, 0) is 32.5 Å². The van der Waals surface area contributed by atoms with Gasteiger partial charge in [0, 0.05) is 19.6 Å². The number of anilines is 1. The lowest BCUT2D eigenvalue weighted by atomic mass is 10.00. The molecule has 0 unspecified atom stereocenters. The minimum Gasteiger partial charge on any atom is -0.452 e. The van der Waals surface area contributed by atoms with Crippen LogP contribution in [0.5, 0.6) is 0 Å². The number of carbonyl (C=O) groups is 2. The molecular formula is C26H26N2O5S. The van der Waals surface area contributed by atoms with Crippen LogP contribution >= 0.6 is 0 Å². The number of ether oxygens (including phenoxy) is 1. The highest BCUT2D eigenvalue weighted by Crippen LogP contribution is 2.24. The van der Waals surface area contributed by atoms with Crippen LogP contribution in [-0.4, -0.2) is 44.9 Å². The highest BCUT2D eigenvalue weighted by molar-refractivity contribution is 7.92. The molecule has 0 fully saturated rings. The van der Waals surface area contributed by atoms with Gasteiger partial charge in [0.2, 0.25) is 0 Å². The SMILES string of the molecule is CCN(c1ccccc1)S(=O)(=O)c1cccc(C(=O)OCC(=O)N2CCc3ccccc3C2)c1. The Bertz CT molecular complexity index is 1290. The molecule has 3 aromatic carbocycles. The molecular weight excluding hydrogens is 452 g/mol. The largest absolute Gasteiger partial charge is 0.452 e. The van der Waals surface area contributed by atoms with E-state index in [1.54, 1.807) is 36.1 Å². The number of benzene rings is 3. The van der Waals surface area contributed by atoms with Crippen LogP contribution in [0.2, 0.25) is 0 Å². The molecule has 0 aromatic heterocycles. The lowest BCUT2D eigenvalue weighted by Gasteiger charge is -2.28. The van der Waals surface area contributed by atoms with Crippen molar-refractivity contribution in [1.82, 2.24) is 4.90 Å². The maximum absolute atomic E-state index is 13.2. The van der Waals surface area contributed by atoms with Gasteiger partial charge < -0.3 is 9.64 Å². The summed E-state index contributed by atoms with van der Waals surface area (Å²) in [6.07, 6.45) is 0.755. The molecule has 0 N–H and O–H groups in total. The molecule has 0 saturated carbocycles. The van der Waals surface area contributed by atoms with Crippen LogP contribution in [0.1, 0.15) is 28.4 Å². The zero-order valence-corrected chi connectivity index (χ0v) is 19.7. The van der Waals surface area contributed by atoms with Gasteiger partial charge in [-0.1, -0.05) is 48.5 Å². The van der Waals surface area contributed by atoms with Gasteiger partial charge in [0.05, 0.1) is 16.1 Å². The van der Waals surface area contributed by atoms with Crippen molar-refractivity contribution < 1.29 is 22.7 Å². The van der Waals surface area contributed by atoms with Crippen LogP contribution in [0.25, 0.3) is 0 Å². The molecule has 1 amide bonds. The summed E-state index contributed by atoms with van der Waals surface area (Å²) >= 11 is 0. The average molecular weight is 479 g/mol. The van der Waals surface area contributed by atoms with E-state index < -0.39 is 22.6 Å². The maximum atomic E-state index is 13.2. The fourth-order valence-corrected chi connectivity index (χ4v) is 5.53. The van der Waals surface area contributed by atoms with Crippen molar-refractivity contribution in [2.24, 2.45) is 0 Å². The highest BCUT2D eigenvalue weighted by Gasteiger charge is 2.25. The van der Waals surface area contributed by atoms with Crippen molar-refractivity contribution >= 4 is 27.6 Å². The van der Waals surface area contributed by atoms with E-state index >= 15 is 0 Å². The van der Waals surface area contributed by atoms with E-state index in [2.05, 4.69) is 6.07 Å². The van der Waals surface area contributed by atoms with Gasteiger partial charge in [-0.3, -0.25) is 9.10 Å². The van der Waals surface area contributed by atoms with Crippen LogP contribution in [0.15, 0.2) is 83.8 Å². The van der Waals surface area contributed by atoms with Crippen molar-refractivity contribution in [2.45, 2.75) is 24.8 Å². The summed E-state index contributed by atoms with van der Waals surface area (Å²) in [6.45, 7) is 2.62. The molecule has 1 aliphatic heterocycles. The molecule has 0 aliphatic carbocycles. The van der Waals surface area contributed by atoms with E-state index in [4.69, 9.17) is 4.74 Å². The Balaban J connectivity index is 1.43. The maximum Gasteiger partial charge on any atom is 0.338 e. The monoisotopic (exact) mass is 478 g/mol. The summed E-state index contributed by atoms with van der Waals surface area (Å²) in [7, 11) is -3.89. The fourth-order valence-electron chi connectivity index (χ4n) is 4.01. The summed E-state index contributed by atoms with van der Waals surface area (Å²) in [5, 5.41) is 0. The minimum absolute atomic E-state index is 0.0217. The first-order valence-corrected chi connectivity index (χ1v) is 12.5. The molecule has 0 radical (unpaired) electrons. The lowest BCUT2D eigenvalue weighted by Crippen LogP contribution is -2.38. The van der Waals surface area contributed by atoms with E-state index in [9.17, 15) is 18.0 Å². The minimum atomic E-state index is -3.89. The lowest BCUT2D eigenvalue weighted by molar-refractivity contribution is -0.135. The Kier molecular flexibility index (Phi) is 6.98. The van der Waals surface area contributed by atoms with Gasteiger partial charge in [-0.05, 0) is 54.8 Å². The van der Waals surface area contributed by atoms with Gasteiger partial charge in [-0.2, -0.15) is 0 Å². The van der Waals surface area contributed by atoms with E-state index in [-0.39, 0.29) is 22.9 Å². The number of sulfonamides is 1. The van der Waals surface area contributed by atoms with Crippen LogP contribution < -0.4 is 4.31 Å². The quantitative estimate of drug-likeness (QED) is 0.484. The topological polar surface area (TPSA) is 84.0 Å². The molecule has 8 heteroatoms. The first-order valence-electron chi connectivity index (χ1n) is 11.1. The third kappa shape index (κ3) is 4.97. The molecule has 0 spiro atoms. The molecule has 1 aliphatic rings. The van der Waals surface area contributed by atoms with Gasteiger partial charge in [-0.15, -0.1) is 0 Å². The van der Waals surface area contributed by atoms with Crippen molar-refractivity contribution in [2.75, 3.05) is 24.0 Å². The highest BCUT2D eigenvalue weighted by atomic mass is 32.2. The number of carbonyl (C=O) groups excluding carboxylic acids is 2. The van der Waals surface area contributed by atoms with Crippen molar-refractivity contribution in [3.63, 3.8) is 0 Å². The summed E-state index contributed by atoms with van der Waals surface area (Å²) in [6, 6.07) is 22.4. The Morgan fingerprint density at radius 2 is 1.65 bits per heavy atom. The van der Waals surface area contributed by atoms with E-state index in [0.29, 0.717) is 18.8 Å². The van der Waals surface area contributed by atoms with Crippen molar-refractivity contribution in [1.29, 1.82) is 0 Å². The summed E-state index contributed by atoms with van der Waals surface area (Å²) in [4.78, 5) is 26.9. The Hall–Kier alpha value is -3.65. The number of hydrogen-bond donors (Lipinski definition) is 0. The van der Waals surface area contributed by atoms with Crippen molar-refractivity contribution in [3.8, 4) is 0 Å². The number of amides is 1. The summed E-state index contributed by atoms with van der Waals surface area (Å²) < 4.78 is 33.0. The third-order valence-corrected chi connectivity index (χ3v) is 7.70. The zero-order chi connectivity index (χ0) is 24.1. The Labute approximate surface area is 199 Å². The first-order chi connectivity index (χ1) is 16.4. The predicted molar refractivity (Wildman–Crippen MR) is 129 cm³/mol. The van der Waals surface area contributed by atoms with Crippen LogP contribution in [0.4, 0.5) is 5.69 Å². The second-order valence-corrected chi connectivity index (χ2v) is 9.81. The van der Waals surface area contributed by atoms with E-state index in [0.717, 1.165) is 12.0 Å². The Morgan fingerprint density at radius 3 is 2.38 bits per heavy atom. The standard InChI is InChI=1S/C26H26N2O5S/c1-2-28(23-12-4-3-5-13-23)34(31,32)24-14-8-11-21(17-24)26(30)33-19-25(29)27-16-15-20-9-6-7-10-22(20)18-27/h3-14,17H,2,15-16,18-19H2,1H3. The van der Waals surface area contributed by atoms with Gasteiger partial charge in [0.1, 0.15) is 0 Å². The molecule has 0 saturated heterocycles. The molecule has 34 heavy (non-hydrogen) atoms. The normalized spacial score (nSPS) is 13.1. The second-order valence-electron chi connectivity index (χ2n) is 7.94. The van der Waals surface area contributed by atoms with Crippen molar-refractivity contribution in [3.05, 3.63) is 95.6 Å². The average Bonchev–Trinajstić information content (AvgIpc) is 2.87. The molecule has 0 atom stereocenters. The number of nitrogens with zero attached hydrogens (tertiary/aromatic N) is 2. The zero-order valence-electron chi connectivity index (χ0n) is 18.9. The molecule has 4 rings (SSSR count). The fraction of sp³-hybridized carbons (Fsp3) is 0.231. The predicted octanol–water partition coefficient (Wildman–Crippen LogP) is 3.64. The molecule has 1 heterocycles. The summed E-state index contributed by atoms with van der Waals surface area (Å²) in [5.74, 6) is -1.03. The van der Waals surface area contributed by atoms with Gasteiger partial charge in [0.15, 0.2) is 6.61 Å². The third-order valence-electron chi connectivity index (χ3n) is 5.80. The number of rotatable bonds is 7. The van der Waals surface area contributed by atoms with Crippen LogP contribution in [0, 0.1) is 0 Å². The molecule has 0 bridgehead atoms.